The molecule has 0 bridgehead atoms. The van der Waals surface area contributed by atoms with Gasteiger partial charge >= 0.3 is 5.97 Å². The Kier molecular flexibility index (Phi) is 6.66. The Balaban J connectivity index is 1.61. The van der Waals surface area contributed by atoms with Crippen LogP contribution in [0.3, 0.4) is 0 Å². The molecule has 0 fully saturated rings. The van der Waals surface area contributed by atoms with Crippen LogP contribution >= 0.6 is 23.2 Å². The van der Waals surface area contributed by atoms with Crippen LogP contribution in [0, 0.1) is 0 Å². The molecule has 0 aliphatic rings. The van der Waals surface area contributed by atoms with E-state index in [0.717, 1.165) is 22.2 Å². The zero-order valence-electron chi connectivity index (χ0n) is 18.6. The lowest BCUT2D eigenvalue weighted by atomic mass is 10.1. The molecule has 4 nitrogen and oxygen atoms in total. The molecule has 1 heterocycles. The standard InChI is InChI=1S/C29H20Cl2N2O2/c30-23-16-15-20(17-24(23)31)19-33-26-14-8-7-13-25(26)32-28(33)18-27(21-9-3-1-4-10-21)35-29(34)22-11-5-2-6-12-22/h1-18H,19H2/b27-18+. The maximum absolute atomic E-state index is 12.9. The van der Waals surface area contributed by atoms with E-state index in [9.17, 15) is 4.79 Å². The molecule has 35 heavy (non-hydrogen) atoms. The average Bonchev–Trinajstić information content (AvgIpc) is 3.23. The van der Waals surface area contributed by atoms with E-state index < -0.39 is 5.97 Å². The minimum Gasteiger partial charge on any atom is -0.422 e. The van der Waals surface area contributed by atoms with Crippen molar-refractivity contribution in [3.8, 4) is 0 Å². The van der Waals surface area contributed by atoms with E-state index in [4.69, 9.17) is 32.9 Å². The Bertz CT molecular complexity index is 1530. The lowest BCUT2D eigenvalue weighted by Gasteiger charge is -2.12. The van der Waals surface area contributed by atoms with Crippen LogP contribution in [-0.2, 0) is 11.3 Å². The Labute approximate surface area is 213 Å². The number of carbonyl (C=O) groups is 1. The highest BCUT2D eigenvalue weighted by Crippen LogP contribution is 2.27. The molecule has 6 heteroatoms. The van der Waals surface area contributed by atoms with Gasteiger partial charge in [0.05, 0.1) is 26.6 Å². The lowest BCUT2D eigenvalue weighted by molar-refractivity contribution is 0.0693. The molecule has 5 rings (SSSR count). The predicted molar refractivity (Wildman–Crippen MR) is 141 cm³/mol. The third-order valence-corrected chi connectivity index (χ3v) is 6.28. The molecule has 1 aromatic heterocycles. The minimum atomic E-state index is -0.437. The minimum absolute atomic E-state index is 0.408. The molecule has 0 saturated heterocycles. The first-order valence-electron chi connectivity index (χ1n) is 11.0. The summed E-state index contributed by atoms with van der Waals surface area (Å²) in [5, 5.41) is 0.998. The fourth-order valence-corrected chi connectivity index (χ4v) is 4.14. The van der Waals surface area contributed by atoms with Crippen LogP contribution in [0.4, 0.5) is 0 Å². The van der Waals surface area contributed by atoms with E-state index in [0.29, 0.717) is 33.7 Å². The van der Waals surface area contributed by atoms with Gasteiger partial charge in [-0.15, -0.1) is 0 Å². The van der Waals surface area contributed by atoms with Crippen LogP contribution in [0.2, 0.25) is 10.0 Å². The second-order valence-electron chi connectivity index (χ2n) is 7.92. The maximum Gasteiger partial charge on any atom is 0.343 e. The SMILES string of the molecule is O=C(O/C(=C/c1nc2ccccc2n1Cc1ccc(Cl)c(Cl)c1)c1ccccc1)c1ccccc1. The van der Waals surface area contributed by atoms with E-state index in [1.807, 2.05) is 72.8 Å². The number of nitrogens with zero attached hydrogens (tertiary/aromatic N) is 2. The quantitative estimate of drug-likeness (QED) is 0.177. The number of para-hydroxylation sites is 2. The summed E-state index contributed by atoms with van der Waals surface area (Å²) >= 11 is 12.4. The summed E-state index contributed by atoms with van der Waals surface area (Å²) < 4.78 is 7.96. The third kappa shape index (κ3) is 5.14. The van der Waals surface area contributed by atoms with E-state index in [2.05, 4.69) is 4.57 Å². The zero-order chi connectivity index (χ0) is 24.2. The number of hydrogen-bond acceptors (Lipinski definition) is 3. The molecule has 0 aliphatic heterocycles. The van der Waals surface area contributed by atoms with Crippen molar-refractivity contribution in [3.63, 3.8) is 0 Å². The molecule has 5 aromatic rings. The molecule has 0 aliphatic carbocycles. The van der Waals surface area contributed by atoms with Crippen LogP contribution in [0.15, 0.2) is 103 Å². The van der Waals surface area contributed by atoms with Crippen LogP contribution in [0.25, 0.3) is 22.9 Å². The second-order valence-corrected chi connectivity index (χ2v) is 8.74. The summed E-state index contributed by atoms with van der Waals surface area (Å²) in [6.45, 7) is 0.512. The van der Waals surface area contributed by atoms with Crippen molar-refractivity contribution in [1.29, 1.82) is 0 Å². The number of ether oxygens (including phenoxy) is 1. The molecule has 0 unspecified atom stereocenters. The lowest BCUT2D eigenvalue weighted by Crippen LogP contribution is -2.06. The van der Waals surface area contributed by atoms with Gasteiger partial charge in [0.15, 0.2) is 0 Å². The third-order valence-electron chi connectivity index (χ3n) is 5.54. The number of benzene rings is 4. The number of carbonyl (C=O) groups excluding carboxylic acids is 1. The molecule has 172 valence electrons. The first kappa shape index (κ1) is 22.9. The van der Waals surface area contributed by atoms with Gasteiger partial charge < -0.3 is 9.30 Å². The van der Waals surface area contributed by atoms with Gasteiger partial charge in [0.1, 0.15) is 11.6 Å². The van der Waals surface area contributed by atoms with Gasteiger partial charge in [0.25, 0.3) is 0 Å². The van der Waals surface area contributed by atoms with Crippen LogP contribution in [0.1, 0.15) is 27.3 Å². The fraction of sp³-hybridized carbons (Fsp3) is 0.0345. The van der Waals surface area contributed by atoms with E-state index in [1.165, 1.54) is 0 Å². The van der Waals surface area contributed by atoms with Crippen LogP contribution < -0.4 is 0 Å². The van der Waals surface area contributed by atoms with Crippen molar-refractivity contribution < 1.29 is 9.53 Å². The Hall–Kier alpha value is -3.86. The molecule has 0 saturated carbocycles. The molecular weight excluding hydrogens is 479 g/mol. The summed E-state index contributed by atoms with van der Waals surface area (Å²) in [7, 11) is 0. The summed E-state index contributed by atoms with van der Waals surface area (Å²) in [6.07, 6.45) is 1.80. The Morgan fingerprint density at radius 2 is 1.46 bits per heavy atom. The van der Waals surface area contributed by atoms with Crippen molar-refractivity contribution in [2.75, 3.05) is 0 Å². The highest BCUT2D eigenvalue weighted by Gasteiger charge is 2.16. The van der Waals surface area contributed by atoms with Gasteiger partial charge in [-0.25, -0.2) is 9.78 Å². The molecule has 0 spiro atoms. The number of halogens is 2. The molecule has 0 N–H and O–H groups in total. The average molecular weight is 499 g/mol. The smallest absolute Gasteiger partial charge is 0.343 e. The van der Waals surface area contributed by atoms with Gasteiger partial charge in [0.2, 0.25) is 0 Å². The normalized spacial score (nSPS) is 11.5. The van der Waals surface area contributed by atoms with E-state index in [1.54, 1.807) is 36.4 Å². The summed E-state index contributed by atoms with van der Waals surface area (Å²) in [6, 6.07) is 31.9. The summed E-state index contributed by atoms with van der Waals surface area (Å²) in [5.74, 6) is 0.620. The van der Waals surface area contributed by atoms with Gasteiger partial charge in [-0.3, -0.25) is 0 Å². The van der Waals surface area contributed by atoms with Crippen molar-refractivity contribution in [2.45, 2.75) is 6.54 Å². The Morgan fingerprint density at radius 1 is 0.800 bits per heavy atom. The highest BCUT2D eigenvalue weighted by atomic mass is 35.5. The van der Waals surface area contributed by atoms with Crippen LogP contribution in [0.5, 0.6) is 0 Å². The maximum atomic E-state index is 12.9. The monoisotopic (exact) mass is 498 g/mol. The number of imidazole rings is 1. The van der Waals surface area contributed by atoms with Gasteiger partial charge in [-0.2, -0.15) is 0 Å². The molecule has 0 radical (unpaired) electrons. The molecule has 0 amide bonds. The summed E-state index contributed by atoms with van der Waals surface area (Å²) in [4.78, 5) is 17.7. The van der Waals surface area contributed by atoms with Crippen molar-refractivity contribution in [3.05, 3.63) is 136 Å². The molecule has 4 aromatic carbocycles. The highest BCUT2D eigenvalue weighted by molar-refractivity contribution is 6.42. The number of rotatable bonds is 6. The van der Waals surface area contributed by atoms with Crippen LogP contribution in [-0.4, -0.2) is 15.5 Å². The first-order chi connectivity index (χ1) is 17.1. The largest absolute Gasteiger partial charge is 0.422 e. The number of hydrogen-bond donors (Lipinski definition) is 0. The van der Waals surface area contributed by atoms with Gasteiger partial charge in [-0.05, 0) is 42.0 Å². The van der Waals surface area contributed by atoms with Crippen molar-refractivity contribution in [2.24, 2.45) is 0 Å². The molecular formula is C29H20Cl2N2O2. The predicted octanol–water partition coefficient (Wildman–Crippen LogP) is 7.75. The Morgan fingerprint density at radius 3 is 2.17 bits per heavy atom. The molecule has 0 atom stereocenters. The summed E-state index contributed by atoms with van der Waals surface area (Å²) in [5.41, 5.74) is 4.00. The van der Waals surface area contributed by atoms with E-state index >= 15 is 0 Å². The van der Waals surface area contributed by atoms with Crippen molar-refractivity contribution >= 4 is 52.0 Å². The number of fused-ring (bicyclic) bond motifs is 1. The number of aromatic nitrogens is 2. The first-order valence-corrected chi connectivity index (χ1v) is 11.8. The topological polar surface area (TPSA) is 44.1 Å². The van der Waals surface area contributed by atoms with Gasteiger partial charge in [-0.1, -0.05) is 89.9 Å². The van der Waals surface area contributed by atoms with Gasteiger partial charge in [0, 0.05) is 18.2 Å². The second kappa shape index (κ2) is 10.2. The zero-order valence-corrected chi connectivity index (χ0v) is 20.1. The number of esters is 1. The fourth-order valence-electron chi connectivity index (χ4n) is 3.82. The van der Waals surface area contributed by atoms with E-state index in [-0.39, 0.29) is 0 Å². The van der Waals surface area contributed by atoms with Crippen molar-refractivity contribution in [1.82, 2.24) is 9.55 Å².